The van der Waals surface area contributed by atoms with Crippen molar-refractivity contribution in [2.75, 3.05) is 34.4 Å². The zero-order valence-corrected chi connectivity index (χ0v) is 45.7. The van der Waals surface area contributed by atoms with Crippen molar-refractivity contribution in [2.24, 2.45) is 14.1 Å². The third-order valence-electron chi connectivity index (χ3n) is 16.4. The number of nitrogens with zero attached hydrogens (tertiary/aromatic N) is 20. The van der Waals surface area contributed by atoms with Crippen molar-refractivity contribution in [2.45, 2.75) is 177 Å². The Morgan fingerprint density at radius 2 is 1.05 bits per heavy atom. The molecule has 424 valence electrons. The number of tetrazole rings is 2. The van der Waals surface area contributed by atoms with Crippen molar-refractivity contribution in [1.29, 1.82) is 0 Å². The molecule has 6 atom stereocenters. The fourth-order valence-corrected chi connectivity index (χ4v) is 12.0. The van der Waals surface area contributed by atoms with Gasteiger partial charge in [0.25, 0.3) is 0 Å². The highest BCUT2D eigenvalue weighted by Crippen LogP contribution is 2.41. The molecule has 80 heavy (non-hydrogen) atoms. The molecule has 29 heteroatoms. The van der Waals surface area contributed by atoms with Crippen LogP contribution in [0, 0.1) is 0 Å². The summed E-state index contributed by atoms with van der Waals surface area (Å²) in [7, 11) is 3.91. The summed E-state index contributed by atoms with van der Waals surface area (Å²) in [4.78, 5) is 55.2. The molecule has 4 saturated carbocycles. The lowest BCUT2D eigenvalue weighted by Gasteiger charge is -2.32. The third kappa shape index (κ3) is 11.4. The molecule has 4 aliphatic rings. The lowest BCUT2D eigenvalue weighted by molar-refractivity contribution is 0.00473. The fourth-order valence-electron chi connectivity index (χ4n) is 12.0. The minimum Gasteiger partial charge on any atom is -0.388 e. The van der Waals surface area contributed by atoms with Gasteiger partial charge in [0.2, 0.25) is 11.9 Å². The van der Waals surface area contributed by atoms with Gasteiger partial charge in [-0.25, -0.2) is 24.7 Å². The van der Waals surface area contributed by atoms with Crippen LogP contribution in [0.3, 0.4) is 0 Å². The summed E-state index contributed by atoms with van der Waals surface area (Å²) in [6.07, 6.45) is 21.2. The number of amides is 2. The Bertz CT molecular complexity index is 3380. The zero-order chi connectivity index (χ0) is 54.9. The van der Waals surface area contributed by atoms with Crippen LogP contribution in [0.4, 0.5) is 28.3 Å². The molecule has 0 radical (unpaired) electrons. The lowest BCUT2D eigenvalue weighted by Crippen LogP contribution is -2.49. The molecule has 4 aliphatic carbocycles. The molecule has 0 bridgehead atoms. The molecule has 8 N–H and O–H groups in total. The molecule has 12 rings (SSSR count). The number of rotatable bonds is 20. The van der Waals surface area contributed by atoms with Crippen molar-refractivity contribution in [3.63, 3.8) is 0 Å². The summed E-state index contributed by atoms with van der Waals surface area (Å²) >= 11 is 0. The number of fused-ring (bicyclic) bond motifs is 2. The summed E-state index contributed by atoms with van der Waals surface area (Å²) in [5.74, 6) is 3.53. The van der Waals surface area contributed by atoms with Crippen molar-refractivity contribution >= 4 is 51.9 Å². The van der Waals surface area contributed by atoms with E-state index in [-0.39, 0.29) is 42.3 Å². The quantitative estimate of drug-likeness (QED) is 0.0543. The van der Waals surface area contributed by atoms with Crippen LogP contribution >= 0.6 is 0 Å². The number of imidazole rings is 4. The highest BCUT2D eigenvalue weighted by atomic mass is 16.3. The summed E-state index contributed by atoms with van der Waals surface area (Å²) in [5.41, 5.74) is 4.52. The minimum atomic E-state index is -1.13. The Hall–Kier alpha value is -7.95. The van der Waals surface area contributed by atoms with Crippen LogP contribution in [0.15, 0.2) is 37.7 Å². The van der Waals surface area contributed by atoms with Gasteiger partial charge in [-0.2, -0.15) is 29.5 Å². The molecular formula is C51H72N26O3. The van der Waals surface area contributed by atoms with Crippen molar-refractivity contribution in [3.05, 3.63) is 60.7 Å². The monoisotopic (exact) mass is 1100 g/mol. The topological polar surface area (TPSA) is 340 Å². The average molecular weight is 1100 g/mol. The molecule has 0 unspecified atom stereocenters. The van der Waals surface area contributed by atoms with Gasteiger partial charge in [0, 0.05) is 95.5 Å². The van der Waals surface area contributed by atoms with Gasteiger partial charge in [0.15, 0.2) is 45.6 Å². The maximum Gasteiger partial charge on any atom is 0.315 e. The van der Waals surface area contributed by atoms with Crippen LogP contribution < -0.4 is 31.9 Å². The van der Waals surface area contributed by atoms with Gasteiger partial charge in [-0.3, -0.25) is 0 Å². The number of aryl methyl sites for hydroxylation is 4. The van der Waals surface area contributed by atoms with Crippen LogP contribution in [-0.4, -0.2) is 164 Å². The maximum absolute atomic E-state index is 13.6. The van der Waals surface area contributed by atoms with Crippen LogP contribution in [0.25, 0.3) is 22.3 Å². The molecule has 0 spiro atoms. The molecule has 8 heterocycles. The van der Waals surface area contributed by atoms with E-state index in [1.165, 1.54) is 4.80 Å². The summed E-state index contributed by atoms with van der Waals surface area (Å²) in [6.45, 7) is 5.13. The first kappa shape index (κ1) is 52.7. The first-order chi connectivity index (χ1) is 39.0. The molecule has 0 aliphatic heterocycles. The van der Waals surface area contributed by atoms with Crippen molar-refractivity contribution in [3.8, 4) is 0 Å². The standard InChI is InChI=1S/C51H72N26O3/c1-5-39-66-70-76(68-39)36-16-15-35(21-36)74-27-56-41-45(62-49(64-47(41)74)52-19-17-33-23-72(3)25-54-33)58-29-7-11-31(12-8-29)60-51(80)61-32-13-9-30(10-14-32)59-46-42-48(65-50(63-46)53-20-18-34-24-73(4)26-55-34)75(28-57-42)37-22-38(44(79)43(37)78)77-69-40(6-2)67-71-77/h23-32,35-38,43-44,78-79H,5-22H2,1-4H3,(H2,60,61,80)(H2,52,58,62,64)(H2,53,59,63,65)/t29?,30?,31?,32?,35-,36+,37+,38-,43-,44+/m0/s1. The number of aliphatic hydroxyl groups is 2. The lowest BCUT2D eigenvalue weighted by atomic mass is 9.90. The first-order valence-corrected chi connectivity index (χ1v) is 28.4. The number of hydrogen-bond donors (Lipinski definition) is 8. The van der Waals surface area contributed by atoms with Gasteiger partial charge in [-0.15, -0.1) is 20.4 Å². The predicted molar refractivity (Wildman–Crippen MR) is 293 cm³/mol. The number of aliphatic hydroxyl groups excluding tert-OH is 2. The highest BCUT2D eigenvalue weighted by molar-refractivity contribution is 5.85. The van der Waals surface area contributed by atoms with E-state index < -0.39 is 24.3 Å². The van der Waals surface area contributed by atoms with Crippen LogP contribution in [0.1, 0.15) is 138 Å². The number of anilines is 4. The van der Waals surface area contributed by atoms with E-state index in [0.29, 0.717) is 72.9 Å². The van der Waals surface area contributed by atoms with Crippen LogP contribution in [0.5, 0.6) is 0 Å². The van der Waals surface area contributed by atoms with Gasteiger partial charge in [-0.05, 0) is 87.5 Å². The first-order valence-electron chi connectivity index (χ1n) is 28.4. The number of nitrogens with one attached hydrogen (secondary N) is 6. The van der Waals surface area contributed by atoms with Crippen molar-refractivity contribution < 1.29 is 15.0 Å². The minimum absolute atomic E-state index is 0.0191. The predicted octanol–water partition coefficient (Wildman–Crippen LogP) is 3.16. The summed E-state index contributed by atoms with van der Waals surface area (Å²) in [6, 6.07) is -0.686. The molecule has 2 amide bonds. The molecule has 8 aromatic rings. The number of carbonyl (C=O) groups excluding carboxylic acids is 1. The molecule has 0 aromatic carbocycles. The summed E-state index contributed by atoms with van der Waals surface area (Å²) < 4.78 is 7.87. The number of hydrogen-bond acceptors (Lipinski definition) is 21. The second-order valence-corrected chi connectivity index (χ2v) is 22.1. The van der Waals surface area contributed by atoms with Gasteiger partial charge in [-0.1, -0.05) is 13.8 Å². The van der Waals surface area contributed by atoms with Crippen LogP contribution in [0.2, 0.25) is 0 Å². The highest BCUT2D eigenvalue weighted by Gasteiger charge is 2.45. The maximum atomic E-state index is 13.6. The number of aromatic nitrogens is 20. The largest absolute Gasteiger partial charge is 0.388 e. The number of urea groups is 1. The Balaban J connectivity index is 0.654. The molecular weight excluding hydrogens is 1020 g/mol. The fraction of sp³-hybridized carbons (Fsp3) is 0.627. The van der Waals surface area contributed by atoms with E-state index in [0.717, 1.165) is 112 Å². The second kappa shape index (κ2) is 23.0. The SMILES string of the molecule is CCc1nnn([C@@H]2CC[C@H](n3cnc4c(NC5CCC(NC(=O)NC6CCC(Nc7nc(NCCc8cn(C)cn8)nc8c7ncn8[C@@H]7C[C@H](n8nnc(CC)n8)[C@@H](O)[C@H]7O)CC6)CC5)nc(NCCc5cn(C)cn5)nc43)C2)n1. The Kier molecular flexibility index (Phi) is 15.2. The van der Waals surface area contributed by atoms with E-state index in [9.17, 15) is 15.0 Å². The van der Waals surface area contributed by atoms with Crippen LogP contribution in [-0.2, 0) is 39.8 Å². The van der Waals surface area contributed by atoms with Crippen molar-refractivity contribution in [1.82, 2.24) is 109 Å². The van der Waals surface area contributed by atoms with E-state index in [1.54, 1.807) is 17.5 Å². The Labute approximate surface area is 461 Å². The van der Waals surface area contributed by atoms with Gasteiger partial charge < -0.3 is 60.4 Å². The van der Waals surface area contributed by atoms with Gasteiger partial charge in [0.1, 0.15) is 18.2 Å². The third-order valence-corrected chi connectivity index (χ3v) is 16.4. The average Bonchev–Trinajstić information content (AvgIpc) is 4.51. The van der Waals surface area contributed by atoms with E-state index >= 15 is 0 Å². The molecule has 4 fully saturated rings. The van der Waals surface area contributed by atoms with E-state index in [1.807, 2.05) is 66.7 Å². The summed E-state index contributed by atoms with van der Waals surface area (Å²) in [5, 5.41) is 69.3. The normalized spacial score (nSPS) is 25.1. The van der Waals surface area contributed by atoms with E-state index in [2.05, 4.69) is 77.3 Å². The Morgan fingerprint density at radius 1 is 0.562 bits per heavy atom. The van der Waals surface area contributed by atoms with E-state index in [4.69, 9.17) is 29.9 Å². The molecule has 0 saturated heterocycles. The zero-order valence-electron chi connectivity index (χ0n) is 45.7. The number of carbonyl (C=O) groups is 1. The molecule has 29 nitrogen and oxygen atoms in total. The smallest absolute Gasteiger partial charge is 0.315 e. The molecule has 8 aromatic heterocycles. The van der Waals surface area contributed by atoms with Gasteiger partial charge in [0.05, 0.1) is 48.8 Å². The second-order valence-electron chi connectivity index (χ2n) is 22.1. The Morgan fingerprint density at radius 3 is 1.57 bits per heavy atom. The van der Waals surface area contributed by atoms with Gasteiger partial charge >= 0.3 is 6.03 Å².